The molecular formula is C8H12FNO3. The second-order valence-electron chi connectivity index (χ2n) is 3.10. The minimum Gasteiger partial charge on any atom is -0.469 e. The first-order valence-electron chi connectivity index (χ1n) is 4.07. The largest absolute Gasteiger partial charge is 0.469 e. The first kappa shape index (κ1) is 9.95. The molecule has 0 aromatic heterocycles. The molecule has 1 amide bonds. The zero-order valence-electron chi connectivity index (χ0n) is 7.54. The molecular weight excluding hydrogens is 177 g/mol. The number of carbonyl (C=O) groups excluding carboxylic acids is 2. The predicted molar refractivity (Wildman–Crippen MR) is 42.6 cm³/mol. The first-order chi connectivity index (χ1) is 6.06. The van der Waals surface area contributed by atoms with E-state index in [0.717, 1.165) is 0 Å². The lowest BCUT2D eigenvalue weighted by Gasteiger charge is -2.36. The van der Waals surface area contributed by atoms with Crippen LogP contribution in [0, 0.1) is 5.92 Å². The third kappa shape index (κ3) is 1.96. The molecule has 1 aliphatic rings. The topological polar surface area (TPSA) is 55.4 Å². The van der Waals surface area contributed by atoms with Gasteiger partial charge in [0, 0.05) is 0 Å². The molecule has 0 saturated carbocycles. The number of ether oxygens (including phenoxy) is 1. The minimum absolute atomic E-state index is 0.0428. The van der Waals surface area contributed by atoms with E-state index in [4.69, 9.17) is 0 Å². The maximum absolute atomic E-state index is 12.8. The van der Waals surface area contributed by atoms with Crippen LogP contribution >= 0.6 is 0 Å². The van der Waals surface area contributed by atoms with Crippen LogP contribution in [0.1, 0.15) is 13.3 Å². The molecule has 0 radical (unpaired) electrons. The van der Waals surface area contributed by atoms with Crippen LogP contribution in [-0.2, 0) is 14.3 Å². The highest BCUT2D eigenvalue weighted by Crippen LogP contribution is 2.23. The zero-order valence-corrected chi connectivity index (χ0v) is 7.54. The molecule has 0 aliphatic carbocycles. The molecule has 0 spiro atoms. The van der Waals surface area contributed by atoms with Gasteiger partial charge in [-0.05, 0) is 6.92 Å². The number of halogens is 1. The van der Waals surface area contributed by atoms with Gasteiger partial charge in [-0.3, -0.25) is 9.59 Å². The van der Waals surface area contributed by atoms with Crippen LogP contribution in [0.15, 0.2) is 0 Å². The van der Waals surface area contributed by atoms with Gasteiger partial charge in [0.25, 0.3) is 0 Å². The third-order valence-corrected chi connectivity index (χ3v) is 2.17. The maximum Gasteiger partial charge on any atom is 0.307 e. The van der Waals surface area contributed by atoms with Gasteiger partial charge in [-0.2, -0.15) is 0 Å². The number of alkyl halides is 1. The SMILES string of the molecule is COC(=O)C[C@H]1NC(=O)[C@@H]1[C@@H](C)F. The van der Waals surface area contributed by atoms with Crippen molar-refractivity contribution in [2.24, 2.45) is 5.92 Å². The van der Waals surface area contributed by atoms with Crippen LogP contribution in [0.25, 0.3) is 0 Å². The van der Waals surface area contributed by atoms with E-state index < -0.39 is 24.1 Å². The summed E-state index contributed by atoms with van der Waals surface area (Å²) >= 11 is 0. The molecule has 1 fully saturated rings. The van der Waals surface area contributed by atoms with Crippen LogP contribution in [0.2, 0.25) is 0 Å². The van der Waals surface area contributed by atoms with Crippen molar-refractivity contribution in [3.05, 3.63) is 0 Å². The van der Waals surface area contributed by atoms with Crippen molar-refractivity contribution in [2.75, 3.05) is 7.11 Å². The number of methoxy groups -OCH3 is 1. The van der Waals surface area contributed by atoms with E-state index >= 15 is 0 Å². The predicted octanol–water partition coefficient (Wildman–Crippen LogP) is 0.0221. The Hall–Kier alpha value is -1.13. The summed E-state index contributed by atoms with van der Waals surface area (Å²) in [7, 11) is 1.26. The average molecular weight is 189 g/mol. The molecule has 1 heterocycles. The first-order valence-corrected chi connectivity index (χ1v) is 4.07. The number of hydrogen-bond acceptors (Lipinski definition) is 3. The molecule has 1 rings (SSSR count). The van der Waals surface area contributed by atoms with Crippen LogP contribution in [0.5, 0.6) is 0 Å². The Morgan fingerprint density at radius 2 is 2.38 bits per heavy atom. The highest BCUT2D eigenvalue weighted by molar-refractivity contribution is 5.88. The number of carbonyl (C=O) groups is 2. The molecule has 0 aromatic carbocycles. The molecule has 0 aromatic rings. The molecule has 74 valence electrons. The van der Waals surface area contributed by atoms with Gasteiger partial charge >= 0.3 is 5.97 Å². The summed E-state index contributed by atoms with van der Waals surface area (Å²) in [5.74, 6) is -1.46. The standard InChI is InChI=1S/C8H12FNO3/c1-4(9)7-5(10-8(7)12)3-6(11)13-2/h4-5,7H,3H2,1-2H3,(H,10,12)/t4-,5-,7-/m1/s1. The Kier molecular flexibility index (Phi) is 2.85. The van der Waals surface area contributed by atoms with Gasteiger partial charge in [0.05, 0.1) is 25.5 Å². The fraction of sp³-hybridized carbons (Fsp3) is 0.750. The average Bonchev–Trinajstić information content (AvgIpc) is 2.01. The Morgan fingerprint density at radius 3 is 2.77 bits per heavy atom. The highest BCUT2D eigenvalue weighted by Gasteiger charge is 2.44. The summed E-state index contributed by atoms with van der Waals surface area (Å²) in [4.78, 5) is 21.6. The molecule has 13 heavy (non-hydrogen) atoms. The maximum atomic E-state index is 12.8. The van der Waals surface area contributed by atoms with Crippen LogP contribution in [-0.4, -0.2) is 31.2 Å². The molecule has 4 nitrogen and oxygen atoms in total. The molecule has 1 N–H and O–H groups in total. The van der Waals surface area contributed by atoms with Gasteiger partial charge in [-0.15, -0.1) is 0 Å². The number of rotatable bonds is 3. The van der Waals surface area contributed by atoms with Gasteiger partial charge in [-0.25, -0.2) is 4.39 Å². The Bertz CT molecular complexity index is 229. The lowest BCUT2D eigenvalue weighted by Crippen LogP contribution is -2.61. The molecule has 0 bridgehead atoms. The molecule has 1 saturated heterocycles. The number of β-lactam (4-membered cyclic amide) rings is 1. The summed E-state index contributed by atoms with van der Waals surface area (Å²) in [5.41, 5.74) is 0. The van der Waals surface area contributed by atoms with Gasteiger partial charge in [0.1, 0.15) is 6.17 Å². The van der Waals surface area contributed by atoms with Gasteiger partial charge in [0.2, 0.25) is 5.91 Å². The summed E-state index contributed by atoms with van der Waals surface area (Å²) in [6.07, 6.45) is -1.18. The van der Waals surface area contributed by atoms with Crippen molar-refractivity contribution >= 4 is 11.9 Å². The van der Waals surface area contributed by atoms with Crippen molar-refractivity contribution in [3.8, 4) is 0 Å². The second kappa shape index (κ2) is 3.72. The number of hydrogen-bond donors (Lipinski definition) is 1. The Labute approximate surface area is 75.4 Å². The molecule has 5 heteroatoms. The van der Waals surface area contributed by atoms with Crippen molar-refractivity contribution in [1.82, 2.24) is 5.32 Å². The van der Waals surface area contributed by atoms with Crippen LogP contribution in [0.4, 0.5) is 4.39 Å². The van der Waals surface area contributed by atoms with Gasteiger partial charge in [0.15, 0.2) is 0 Å². The quantitative estimate of drug-likeness (QED) is 0.503. The van der Waals surface area contributed by atoms with E-state index in [-0.39, 0.29) is 12.3 Å². The molecule has 0 unspecified atom stereocenters. The number of nitrogens with one attached hydrogen (secondary N) is 1. The minimum atomic E-state index is -1.22. The van der Waals surface area contributed by atoms with Crippen molar-refractivity contribution in [1.29, 1.82) is 0 Å². The monoisotopic (exact) mass is 189 g/mol. The van der Waals surface area contributed by atoms with Crippen LogP contribution < -0.4 is 5.32 Å². The van der Waals surface area contributed by atoms with Gasteiger partial charge < -0.3 is 10.1 Å². The summed E-state index contributed by atoms with van der Waals surface area (Å²) in [5, 5.41) is 2.46. The Balaban J connectivity index is 2.45. The summed E-state index contributed by atoms with van der Waals surface area (Å²) < 4.78 is 17.2. The van der Waals surface area contributed by atoms with Crippen molar-refractivity contribution in [3.63, 3.8) is 0 Å². The third-order valence-electron chi connectivity index (χ3n) is 2.17. The van der Waals surface area contributed by atoms with E-state index in [1.807, 2.05) is 0 Å². The van der Waals surface area contributed by atoms with E-state index in [1.54, 1.807) is 0 Å². The van der Waals surface area contributed by atoms with Crippen molar-refractivity contribution < 1.29 is 18.7 Å². The number of esters is 1. The summed E-state index contributed by atoms with van der Waals surface area (Å²) in [6.45, 7) is 1.31. The Morgan fingerprint density at radius 1 is 1.77 bits per heavy atom. The molecule has 3 atom stereocenters. The fourth-order valence-corrected chi connectivity index (χ4v) is 1.42. The van der Waals surface area contributed by atoms with Crippen molar-refractivity contribution in [2.45, 2.75) is 25.6 Å². The number of amides is 1. The van der Waals surface area contributed by atoms with E-state index in [1.165, 1.54) is 14.0 Å². The second-order valence-corrected chi connectivity index (χ2v) is 3.10. The van der Waals surface area contributed by atoms with Crippen LogP contribution in [0.3, 0.4) is 0 Å². The van der Waals surface area contributed by atoms with Gasteiger partial charge in [-0.1, -0.05) is 0 Å². The van der Waals surface area contributed by atoms with E-state index in [9.17, 15) is 14.0 Å². The lowest BCUT2D eigenvalue weighted by molar-refractivity contribution is -0.146. The zero-order chi connectivity index (χ0) is 10.0. The smallest absolute Gasteiger partial charge is 0.307 e. The lowest BCUT2D eigenvalue weighted by atomic mass is 9.85. The fourth-order valence-electron chi connectivity index (χ4n) is 1.42. The van der Waals surface area contributed by atoms with E-state index in [0.29, 0.717) is 0 Å². The normalized spacial score (nSPS) is 28.7. The van der Waals surface area contributed by atoms with E-state index in [2.05, 4.69) is 10.1 Å². The summed E-state index contributed by atoms with van der Waals surface area (Å²) in [6, 6.07) is -0.403. The molecule has 1 aliphatic heterocycles. The highest BCUT2D eigenvalue weighted by atomic mass is 19.1.